The van der Waals surface area contributed by atoms with Crippen molar-refractivity contribution in [2.24, 2.45) is 0 Å². The fourth-order valence-corrected chi connectivity index (χ4v) is 3.53. The second-order valence-corrected chi connectivity index (χ2v) is 6.55. The summed E-state index contributed by atoms with van der Waals surface area (Å²) in [5.74, 6) is 2.28. The van der Waals surface area contributed by atoms with E-state index in [1.54, 1.807) is 17.8 Å². The molecule has 0 spiro atoms. The molecule has 0 aliphatic heterocycles. The minimum atomic E-state index is 0.0285. The third-order valence-electron chi connectivity index (χ3n) is 3.04. The molecule has 0 bridgehead atoms. The quantitative estimate of drug-likeness (QED) is 0.797. The lowest BCUT2D eigenvalue weighted by Gasteiger charge is -2.20. The Morgan fingerprint density at radius 2 is 2.25 bits per heavy atom. The van der Waals surface area contributed by atoms with Crippen molar-refractivity contribution in [3.05, 3.63) is 27.2 Å². The van der Waals surface area contributed by atoms with Crippen LogP contribution in [0.4, 0.5) is 5.88 Å². The molecule has 0 fully saturated rings. The van der Waals surface area contributed by atoms with Crippen LogP contribution in [-0.4, -0.2) is 36.3 Å². The van der Waals surface area contributed by atoms with Gasteiger partial charge in [-0.05, 0) is 19.2 Å². The lowest BCUT2D eigenvalue weighted by Crippen LogP contribution is -2.26. The molecule has 0 atom stereocenters. The highest BCUT2D eigenvalue weighted by atomic mass is 32.2. The third kappa shape index (κ3) is 3.37. The molecule has 0 radical (unpaired) electrons. The van der Waals surface area contributed by atoms with E-state index in [0.717, 1.165) is 30.2 Å². The zero-order valence-electron chi connectivity index (χ0n) is 11.7. The first-order valence-electron chi connectivity index (χ1n) is 6.62. The van der Waals surface area contributed by atoms with Crippen molar-refractivity contribution >= 4 is 39.3 Å². The van der Waals surface area contributed by atoms with Crippen LogP contribution < -0.4 is 10.3 Å². The Kier molecular flexibility index (Phi) is 5.51. The number of hydrogen-bond acceptors (Lipinski definition) is 6. The molecular weight excluding hydrogens is 294 g/mol. The second-order valence-electron chi connectivity index (χ2n) is 4.44. The Hall–Kier alpha value is -0.980. The monoisotopic (exact) mass is 313 g/mol. The maximum atomic E-state index is 12.1. The normalized spacial score (nSPS) is 11.2. The Balaban J connectivity index is 2.21. The zero-order valence-corrected chi connectivity index (χ0v) is 13.4. The summed E-state index contributed by atoms with van der Waals surface area (Å²) >= 11 is 3.13. The molecule has 0 amide bonds. The first kappa shape index (κ1) is 15.4. The Morgan fingerprint density at radius 1 is 1.45 bits per heavy atom. The Bertz CT molecular complexity index is 620. The smallest absolute Gasteiger partial charge is 0.204 e. The van der Waals surface area contributed by atoms with Crippen molar-refractivity contribution < 1.29 is 9.52 Å². The molecule has 0 saturated heterocycles. The Morgan fingerprint density at radius 3 is 2.95 bits per heavy atom. The van der Waals surface area contributed by atoms with Crippen LogP contribution in [0.3, 0.4) is 0 Å². The van der Waals surface area contributed by atoms with Gasteiger partial charge in [0.1, 0.15) is 4.70 Å². The van der Waals surface area contributed by atoms with Crippen molar-refractivity contribution in [2.45, 2.75) is 13.8 Å². The van der Waals surface area contributed by atoms with E-state index in [0.29, 0.717) is 16.2 Å². The number of aliphatic hydroxyl groups excluding tert-OH is 1. The molecule has 110 valence electrons. The van der Waals surface area contributed by atoms with Gasteiger partial charge in [-0.3, -0.25) is 4.79 Å². The molecule has 0 aliphatic carbocycles. The van der Waals surface area contributed by atoms with Crippen LogP contribution in [0, 0.1) is 6.92 Å². The minimum absolute atomic E-state index is 0.0285. The molecule has 0 unspecified atom stereocenters. The zero-order chi connectivity index (χ0) is 14.5. The number of hydrogen-bond donors (Lipinski definition) is 1. The highest BCUT2D eigenvalue weighted by Gasteiger charge is 2.13. The number of aliphatic hydroxyl groups is 1. The van der Waals surface area contributed by atoms with E-state index >= 15 is 0 Å². The maximum Gasteiger partial charge on any atom is 0.204 e. The summed E-state index contributed by atoms with van der Waals surface area (Å²) in [5, 5.41) is 10.7. The largest absolute Gasteiger partial charge is 0.439 e. The molecule has 2 rings (SSSR count). The van der Waals surface area contributed by atoms with E-state index in [-0.39, 0.29) is 12.0 Å². The van der Waals surface area contributed by atoms with Crippen LogP contribution >= 0.6 is 23.1 Å². The molecule has 2 heterocycles. The summed E-state index contributed by atoms with van der Waals surface area (Å²) in [6.07, 6.45) is 0. The summed E-state index contributed by atoms with van der Waals surface area (Å²) in [4.78, 5) is 14.2. The van der Waals surface area contributed by atoms with Gasteiger partial charge in [0, 0.05) is 36.2 Å². The van der Waals surface area contributed by atoms with E-state index in [4.69, 9.17) is 9.52 Å². The van der Waals surface area contributed by atoms with Crippen LogP contribution in [0.15, 0.2) is 20.7 Å². The van der Waals surface area contributed by atoms with Gasteiger partial charge >= 0.3 is 0 Å². The summed E-state index contributed by atoms with van der Waals surface area (Å²) < 4.78 is 6.59. The average Bonchev–Trinajstić information content (AvgIpc) is 2.81. The van der Waals surface area contributed by atoms with Gasteiger partial charge in [0.2, 0.25) is 5.43 Å². The maximum absolute atomic E-state index is 12.1. The first-order chi connectivity index (χ1) is 9.67. The molecule has 2 aromatic heterocycles. The molecule has 20 heavy (non-hydrogen) atoms. The minimum Gasteiger partial charge on any atom is -0.439 e. The number of anilines is 1. The predicted octanol–water partition coefficient (Wildman–Crippen LogP) is 2.71. The van der Waals surface area contributed by atoms with Gasteiger partial charge in [0.15, 0.2) is 11.5 Å². The summed E-state index contributed by atoms with van der Waals surface area (Å²) in [6, 6.07) is 1.58. The lowest BCUT2D eigenvalue weighted by molar-refractivity contribution is 0.322. The molecule has 0 aliphatic rings. The standard InChI is InChI=1S/C14H19NO3S2/c1-3-15(4-6-19-7-5-16)12-8-11(17)14-13(18-12)10(2)9-20-14/h8-9,16H,3-7H2,1-2H3. The van der Waals surface area contributed by atoms with E-state index < -0.39 is 0 Å². The molecule has 2 aromatic rings. The van der Waals surface area contributed by atoms with Gasteiger partial charge in [-0.2, -0.15) is 11.8 Å². The fraction of sp³-hybridized carbons (Fsp3) is 0.500. The third-order valence-corrected chi connectivity index (χ3v) is 5.07. The van der Waals surface area contributed by atoms with Crippen LogP contribution in [-0.2, 0) is 0 Å². The highest BCUT2D eigenvalue weighted by molar-refractivity contribution is 7.99. The van der Waals surface area contributed by atoms with E-state index in [1.165, 1.54) is 11.3 Å². The van der Waals surface area contributed by atoms with Crippen LogP contribution in [0.25, 0.3) is 10.3 Å². The molecule has 4 nitrogen and oxygen atoms in total. The van der Waals surface area contributed by atoms with Gasteiger partial charge in [-0.25, -0.2) is 0 Å². The van der Waals surface area contributed by atoms with Crippen molar-refractivity contribution in [2.75, 3.05) is 36.1 Å². The topological polar surface area (TPSA) is 53.7 Å². The molecule has 1 N–H and O–H groups in total. The number of rotatable bonds is 7. The van der Waals surface area contributed by atoms with Crippen LogP contribution in [0.2, 0.25) is 0 Å². The summed E-state index contributed by atoms with van der Waals surface area (Å²) in [5.41, 5.74) is 1.74. The van der Waals surface area contributed by atoms with E-state index in [1.807, 2.05) is 19.2 Å². The second kappa shape index (κ2) is 7.15. The van der Waals surface area contributed by atoms with E-state index in [9.17, 15) is 4.79 Å². The number of nitrogens with zero attached hydrogens (tertiary/aromatic N) is 1. The molecular formula is C14H19NO3S2. The SMILES string of the molecule is CCN(CCSCCO)c1cc(=O)c2scc(C)c2o1. The van der Waals surface area contributed by atoms with Crippen molar-refractivity contribution in [3.8, 4) is 0 Å². The van der Waals surface area contributed by atoms with E-state index in [2.05, 4.69) is 4.90 Å². The number of thioether (sulfide) groups is 1. The first-order valence-corrected chi connectivity index (χ1v) is 8.66. The van der Waals surface area contributed by atoms with Crippen LogP contribution in [0.1, 0.15) is 12.5 Å². The van der Waals surface area contributed by atoms with Gasteiger partial charge in [0.25, 0.3) is 0 Å². The highest BCUT2D eigenvalue weighted by Crippen LogP contribution is 2.26. The summed E-state index contributed by atoms with van der Waals surface area (Å²) in [6.45, 7) is 5.79. The molecule has 0 saturated carbocycles. The van der Waals surface area contributed by atoms with Crippen molar-refractivity contribution in [1.82, 2.24) is 0 Å². The molecule has 0 aromatic carbocycles. The lowest BCUT2D eigenvalue weighted by atomic mass is 10.3. The van der Waals surface area contributed by atoms with Crippen LogP contribution in [0.5, 0.6) is 0 Å². The average molecular weight is 313 g/mol. The molecule has 6 heteroatoms. The van der Waals surface area contributed by atoms with Gasteiger partial charge in [-0.1, -0.05) is 0 Å². The van der Waals surface area contributed by atoms with Crippen molar-refractivity contribution in [1.29, 1.82) is 0 Å². The fourth-order valence-electron chi connectivity index (χ4n) is 1.96. The van der Waals surface area contributed by atoms with Gasteiger partial charge < -0.3 is 14.4 Å². The number of fused-ring (bicyclic) bond motifs is 1. The van der Waals surface area contributed by atoms with Gasteiger partial charge in [0.05, 0.1) is 6.61 Å². The summed E-state index contributed by atoms with van der Waals surface area (Å²) in [7, 11) is 0. The number of aryl methyl sites for hydroxylation is 1. The Labute approximate surface area is 126 Å². The number of thiophene rings is 1. The van der Waals surface area contributed by atoms with Gasteiger partial charge in [-0.15, -0.1) is 11.3 Å². The van der Waals surface area contributed by atoms with Crippen molar-refractivity contribution in [3.63, 3.8) is 0 Å². The predicted molar refractivity (Wildman–Crippen MR) is 87.4 cm³/mol.